The lowest BCUT2D eigenvalue weighted by Gasteiger charge is -2.18. The minimum Gasteiger partial charge on any atom is -0.398 e. The van der Waals surface area contributed by atoms with Crippen molar-refractivity contribution in [1.82, 2.24) is 4.31 Å². The predicted molar refractivity (Wildman–Crippen MR) is 71.6 cm³/mol. The molecule has 0 spiro atoms. The molecule has 0 aliphatic carbocycles. The molecule has 0 heterocycles. The van der Waals surface area contributed by atoms with Crippen molar-refractivity contribution in [3.05, 3.63) is 24.3 Å². The fourth-order valence-electron chi connectivity index (χ4n) is 1.63. The summed E-state index contributed by atoms with van der Waals surface area (Å²) in [4.78, 5) is 0.148. The Morgan fingerprint density at radius 2 is 1.89 bits per heavy atom. The molecule has 0 radical (unpaired) electrons. The van der Waals surface area contributed by atoms with Gasteiger partial charge in [-0.3, -0.25) is 0 Å². The molecule has 6 heteroatoms. The van der Waals surface area contributed by atoms with E-state index in [1.807, 2.05) is 0 Å². The Kier molecular flexibility index (Phi) is 5.58. The quantitative estimate of drug-likeness (QED) is 0.574. The van der Waals surface area contributed by atoms with Gasteiger partial charge in [0.25, 0.3) is 0 Å². The largest absolute Gasteiger partial charge is 0.398 e. The summed E-state index contributed by atoms with van der Waals surface area (Å²) in [5.41, 5.74) is 5.95. The van der Waals surface area contributed by atoms with E-state index < -0.39 is 10.0 Å². The fourth-order valence-corrected chi connectivity index (χ4v) is 2.95. The minimum absolute atomic E-state index is 0.141. The standard InChI is InChI=1S/C12H20N2O3S/c1-14(9-5-2-6-10-15)18(16,17)12-8-4-3-7-11(12)13/h3-4,7-8,15H,2,5-6,9-10,13H2,1H3. The molecule has 0 unspecified atom stereocenters. The SMILES string of the molecule is CN(CCCCCO)S(=O)(=O)c1ccccc1N. The highest BCUT2D eigenvalue weighted by molar-refractivity contribution is 7.89. The molecule has 1 aromatic carbocycles. The van der Waals surface area contributed by atoms with Gasteiger partial charge in [-0.15, -0.1) is 0 Å². The first-order valence-corrected chi connectivity index (χ1v) is 7.36. The van der Waals surface area contributed by atoms with Crippen LogP contribution in [0.1, 0.15) is 19.3 Å². The molecule has 0 aromatic heterocycles. The van der Waals surface area contributed by atoms with Gasteiger partial charge in [-0.2, -0.15) is 0 Å². The summed E-state index contributed by atoms with van der Waals surface area (Å²) in [7, 11) is -1.97. The van der Waals surface area contributed by atoms with Gasteiger partial charge in [0.05, 0.1) is 5.69 Å². The average molecular weight is 272 g/mol. The first-order valence-electron chi connectivity index (χ1n) is 5.92. The summed E-state index contributed by atoms with van der Waals surface area (Å²) in [5, 5.41) is 8.66. The van der Waals surface area contributed by atoms with Crippen LogP contribution in [0.15, 0.2) is 29.2 Å². The number of unbranched alkanes of at least 4 members (excludes halogenated alkanes) is 2. The summed E-state index contributed by atoms with van der Waals surface area (Å²) >= 11 is 0. The number of nitrogen functional groups attached to an aromatic ring is 1. The number of benzene rings is 1. The zero-order chi connectivity index (χ0) is 13.6. The molecule has 18 heavy (non-hydrogen) atoms. The highest BCUT2D eigenvalue weighted by Crippen LogP contribution is 2.21. The van der Waals surface area contributed by atoms with Crippen molar-refractivity contribution in [3.8, 4) is 0 Å². The number of anilines is 1. The lowest BCUT2D eigenvalue weighted by Crippen LogP contribution is -2.28. The summed E-state index contributed by atoms with van der Waals surface area (Å²) < 4.78 is 25.7. The Bertz CT molecular complexity index is 474. The Morgan fingerprint density at radius 1 is 1.22 bits per heavy atom. The van der Waals surface area contributed by atoms with Gasteiger partial charge >= 0.3 is 0 Å². The lowest BCUT2D eigenvalue weighted by atomic mass is 10.2. The molecule has 0 saturated heterocycles. The Labute approximate surface area is 108 Å². The smallest absolute Gasteiger partial charge is 0.244 e. The van der Waals surface area contributed by atoms with Gasteiger partial charge in [-0.05, 0) is 31.4 Å². The molecule has 1 rings (SSSR count). The van der Waals surface area contributed by atoms with Crippen molar-refractivity contribution >= 4 is 15.7 Å². The van der Waals surface area contributed by atoms with Crippen molar-refractivity contribution in [3.63, 3.8) is 0 Å². The first-order chi connectivity index (χ1) is 8.50. The van der Waals surface area contributed by atoms with Crippen molar-refractivity contribution in [2.45, 2.75) is 24.2 Å². The topological polar surface area (TPSA) is 83.6 Å². The molecule has 0 amide bonds. The average Bonchev–Trinajstić information content (AvgIpc) is 2.34. The van der Waals surface area contributed by atoms with Gasteiger partial charge in [-0.1, -0.05) is 12.1 Å². The normalized spacial score (nSPS) is 11.9. The van der Waals surface area contributed by atoms with Crippen molar-refractivity contribution in [2.75, 3.05) is 25.9 Å². The van der Waals surface area contributed by atoms with Crippen LogP contribution in [0.25, 0.3) is 0 Å². The second-order valence-electron chi connectivity index (χ2n) is 4.15. The molecule has 3 N–H and O–H groups in total. The lowest BCUT2D eigenvalue weighted by molar-refractivity contribution is 0.281. The van der Waals surface area contributed by atoms with Gasteiger partial charge in [0.2, 0.25) is 10.0 Å². The predicted octanol–water partition coefficient (Wildman–Crippen LogP) is 1.05. The van der Waals surface area contributed by atoms with Gasteiger partial charge in [0.15, 0.2) is 0 Å². The summed E-state index contributed by atoms with van der Waals surface area (Å²) in [6.07, 6.45) is 2.23. The number of para-hydroxylation sites is 1. The Hall–Kier alpha value is -1.11. The summed E-state index contributed by atoms with van der Waals surface area (Å²) in [5.74, 6) is 0. The highest BCUT2D eigenvalue weighted by atomic mass is 32.2. The van der Waals surface area contributed by atoms with Crippen molar-refractivity contribution in [1.29, 1.82) is 0 Å². The number of hydrogen-bond acceptors (Lipinski definition) is 4. The molecular weight excluding hydrogens is 252 g/mol. The van der Waals surface area contributed by atoms with Gasteiger partial charge < -0.3 is 10.8 Å². The van der Waals surface area contributed by atoms with E-state index in [1.165, 1.54) is 10.4 Å². The maximum absolute atomic E-state index is 12.2. The van der Waals surface area contributed by atoms with E-state index in [0.29, 0.717) is 13.0 Å². The molecule has 0 saturated carbocycles. The maximum atomic E-state index is 12.2. The minimum atomic E-state index is -3.51. The third-order valence-corrected chi connectivity index (χ3v) is 4.67. The first kappa shape index (κ1) is 14.9. The summed E-state index contributed by atoms with van der Waals surface area (Å²) in [6.45, 7) is 0.568. The molecule has 5 nitrogen and oxygen atoms in total. The molecule has 0 bridgehead atoms. The number of rotatable bonds is 7. The molecule has 0 atom stereocenters. The van der Waals surface area contributed by atoms with Crippen LogP contribution in [0.2, 0.25) is 0 Å². The number of aliphatic hydroxyl groups is 1. The highest BCUT2D eigenvalue weighted by Gasteiger charge is 2.22. The van der Waals surface area contributed by atoms with Gasteiger partial charge in [0.1, 0.15) is 4.90 Å². The van der Waals surface area contributed by atoms with Crippen LogP contribution in [0, 0.1) is 0 Å². The molecular formula is C12H20N2O3S. The third-order valence-electron chi connectivity index (χ3n) is 2.74. The van der Waals surface area contributed by atoms with E-state index in [-0.39, 0.29) is 17.2 Å². The maximum Gasteiger partial charge on any atom is 0.244 e. The van der Waals surface area contributed by atoms with E-state index >= 15 is 0 Å². The molecule has 1 aromatic rings. The van der Waals surface area contributed by atoms with Crippen LogP contribution < -0.4 is 5.73 Å². The number of nitrogens with two attached hydrogens (primary N) is 1. The number of hydrogen-bond donors (Lipinski definition) is 2. The molecule has 0 aliphatic heterocycles. The number of aliphatic hydroxyl groups excluding tert-OH is 1. The van der Waals surface area contributed by atoms with E-state index in [0.717, 1.165) is 12.8 Å². The van der Waals surface area contributed by atoms with Crippen molar-refractivity contribution in [2.24, 2.45) is 0 Å². The fraction of sp³-hybridized carbons (Fsp3) is 0.500. The Morgan fingerprint density at radius 3 is 2.50 bits per heavy atom. The van der Waals surface area contributed by atoms with Crippen molar-refractivity contribution < 1.29 is 13.5 Å². The molecule has 0 fully saturated rings. The van der Waals surface area contributed by atoms with E-state index in [1.54, 1.807) is 25.2 Å². The number of nitrogens with zero attached hydrogens (tertiary/aromatic N) is 1. The second kappa shape index (κ2) is 6.72. The van der Waals surface area contributed by atoms with E-state index in [4.69, 9.17) is 10.8 Å². The van der Waals surface area contributed by atoms with Gasteiger partial charge in [-0.25, -0.2) is 12.7 Å². The van der Waals surface area contributed by atoms with E-state index in [9.17, 15) is 8.42 Å². The number of sulfonamides is 1. The third kappa shape index (κ3) is 3.69. The van der Waals surface area contributed by atoms with Crippen LogP contribution in [0.3, 0.4) is 0 Å². The second-order valence-corrected chi connectivity index (χ2v) is 6.16. The van der Waals surface area contributed by atoms with Crippen LogP contribution in [-0.2, 0) is 10.0 Å². The van der Waals surface area contributed by atoms with Crippen LogP contribution in [0.5, 0.6) is 0 Å². The van der Waals surface area contributed by atoms with Crippen LogP contribution in [-0.4, -0.2) is 38.0 Å². The van der Waals surface area contributed by atoms with Gasteiger partial charge in [0, 0.05) is 20.2 Å². The molecule has 0 aliphatic rings. The summed E-state index contributed by atoms with van der Waals surface area (Å²) in [6, 6.07) is 6.44. The van der Waals surface area contributed by atoms with E-state index in [2.05, 4.69) is 0 Å². The zero-order valence-electron chi connectivity index (χ0n) is 10.5. The Balaban J connectivity index is 2.72. The van der Waals surface area contributed by atoms with Crippen LogP contribution in [0.4, 0.5) is 5.69 Å². The molecule has 102 valence electrons. The van der Waals surface area contributed by atoms with Crippen LogP contribution >= 0.6 is 0 Å². The monoisotopic (exact) mass is 272 g/mol. The zero-order valence-corrected chi connectivity index (χ0v) is 11.4.